The second-order valence-corrected chi connectivity index (χ2v) is 20.3. The van der Waals surface area contributed by atoms with Crippen LogP contribution in [-0.4, -0.2) is 63.1 Å². The van der Waals surface area contributed by atoms with Crippen molar-refractivity contribution in [1.82, 2.24) is 0 Å². The van der Waals surface area contributed by atoms with E-state index in [1.54, 1.807) is 28.4 Å². The van der Waals surface area contributed by atoms with Crippen molar-refractivity contribution in [2.75, 3.05) is 49.5 Å². The first kappa shape index (κ1) is 40.2. The highest BCUT2D eigenvalue weighted by molar-refractivity contribution is 6.74. The van der Waals surface area contributed by atoms with Crippen LogP contribution in [-0.2, 0) is 36.6 Å². The van der Waals surface area contributed by atoms with Crippen LogP contribution in [0.2, 0.25) is 10.1 Å². The van der Waals surface area contributed by atoms with Crippen molar-refractivity contribution in [3.63, 3.8) is 0 Å². The maximum absolute atomic E-state index is 12.7. The Morgan fingerprint density at radius 2 is 1.40 bits per heavy atom. The van der Waals surface area contributed by atoms with Crippen molar-refractivity contribution in [1.29, 1.82) is 0 Å². The molecule has 0 bridgehead atoms. The molecule has 1 N–H and O–H groups in total. The van der Waals surface area contributed by atoms with Crippen molar-refractivity contribution in [3.8, 4) is 46.3 Å². The van der Waals surface area contributed by atoms with E-state index in [-0.39, 0.29) is 23.5 Å². The number of hydrogen-bond donors (Lipinski definition) is 1. The quantitative estimate of drug-likeness (QED) is 0.0904. The van der Waals surface area contributed by atoms with Crippen molar-refractivity contribution in [2.45, 2.75) is 75.7 Å². The summed E-state index contributed by atoms with van der Waals surface area (Å²) in [5, 5.41) is 13.4. The molecular weight excluding hydrogens is 721 g/mol. The van der Waals surface area contributed by atoms with Crippen molar-refractivity contribution in [3.05, 3.63) is 82.9 Å². The van der Waals surface area contributed by atoms with Gasteiger partial charge in [-0.05, 0) is 35.2 Å². The van der Waals surface area contributed by atoms with Crippen LogP contribution in [0.15, 0.2) is 60.7 Å². The number of benzene rings is 4. The first-order valence-corrected chi connectivity index (χ1v) is 19.9. The molecule has 0 radical (unpaired) electrons. The summed E-state index contributed by atoms with van der Waals surface area (Å²) >= 11 is 0. The Bertz CT molecular complexity index is 2090. The van der Waals surface area contributed by atoms with Crippen molar-refractivity contribution < 1.29 is 51.9 Å². The molecule has 0 spiro atoms. The summed E-state index contributed by atoms with van der Waals surface area (Å²) in [6.45, 7) is 13.0. The van der Waals surface area contributed by atoms with Gasteiger partial charge in [-0.2, -0.15) is 0 Å². The van der Waals surface area contributed by atoms with Gasteiger partial charge in [-0.15, -0.1) is 0 Å². The van der Waals surface area contributed by atoms with E-state index in [0.717, 1.165) is 16.7 Å². The average molecular weight is 773 g/mol. The Morgan fingerprint density at radius 3 is 1.98 bits per heavy atom. The zero-order chi connectivity index (χ0) is 40.0. The molecule has 1 heterocycles. The van der Waals surface area contributed by atoms with Gasteiger partial charge in [-0.25, -0.2) is 0 Å². The number of methoxy groups -OCH3 is 6. The highest BCUT2D eigenvalue weighted by Gasteiger charge is 2.67. The fourth-order valence-electron chi connectivity index (χ4n) is 7.94. The average Bonchev–Trinajstić information content (AvgIpc) is 3.17. The molecule has 0 fully saturated rings. The van der Waals surface area contributed by atoms with Crippen LogP contribution < -0.4 is 28.1 Å². The van der Waals surface area contributed by atoms with Crippen LogP contribution in [0.5, 0.6) is 34.5 Å². The fourth-order valence-corrected chi connectivity index (χ4v) is 12.6. The second kappa shape index (κ2) is 14.9. The zero-order valence-corrected chi connectivity index (χ0v) is 34.8. The monoisotopic (exact) mass is 772 g/mol. The number of ether oxygens (including phenoxy) is 8. The molecule has 1 aliphatic heterocycles. The van der Waals surface area contributed by atoms with Crippen LogP contribution in [0, 0.1) is 11.8 Å². The Morgan fingerprint density at radius 1 is 0.764 bits per heavy atom. The molecule has 0 saturated heterocycles. The van der Waals surface area contributed by atoms with E-state index < -0.39 is 26.1 Å². The second-order valence-electron chi connectivity index (χ2n) is 15.6. The maximum Gasteiger partial charge on any atom is 0.411 e. The molecule has 6 rings (SSSR count). The molecule has 0 saturated carbocycles. The molecule has 1 aliphatic carbocycles. The molecule has 2 unspecified atom stereocenters. The molecule has 294 valence electrons. The third-order valence-electron chi connectivity index (χ3n) is 10.4. The van der Waals surface area contributed by atoms with E-state index in [0.29, 0.717) is 50.8 Å². The van der Waals surface area contributed by atoms with Gasteiger partial charge in [-0.1, -0.05) is 83.7 Å². The van der Waals surface area contributed by atoms with Crippen molar-refractivity contribution >= 4 is 19.3 Å². The van der Waals surface area contributed by atoms with Gasteiger partial charge < -0.3 is 51.9 Å². The lowest BCUT2D eigenvalue weighted by atomic mass is 9.65. The Balaban J connectivity index is 1.51. The Labute approximate surface area is 324 Å². The van der Waals surface area contributed by atoms with Gasteiger partial charge in [0.15, 0.2) is 29.8 Å². The molecule has 4 aromatic carbocycles. The third-order valence-corrected chi connectivity index (χ3v) is 15.5. The van der Waals surface area contributed by atoms with Gasteiger partial charge >= 0.3 is 8.56 Å². The number of aliphatic hydroxyl groups is 1. The standard InChI is InChI=1S/C43H52O11Si/c1-40(2,3)55(41(4,5)6)53-32(30-23-35(47-9)36(48-10)24-34(30)54-55)21-22-42(44)31-19-15-28-16-20-33(51-25-27-13-17-29(46-8)18-14-27)39(52-26-45-7)37(28)38(31)43(42,49-11)50-12/h13-20,23-24,32,44H,25-26H2,1-12H3. The number of rotatable bonds is 11. The van der Waals surface area contributed by atoms with Gasteiger partial charge in [0.25, 0.3) is 0 Å². The molecule has 4 aromatic rings. The predicted molar refractivity (Wildman–Crippen MR) is 210 cm³/mol. The van der Waals surface area contributed by atoms with Crippen LogP contribution >= 0.6 is 0 Å². The molecular formula is C43H52O11Si. The first-order chi connectivity index (χ1) is 26.1. The summed E-state index contributed by atoms with van der Waals surface area (Å²) in [6, 6.07) is 18.8. The molecule has 2 atom stereocenters. The maximum atomic E-state index is 12.7. The van der Waals surface area contributed by atoms with E-state index in [2.05, 4.69) is 53.4 Å². The van der Waals surface area contributed by atoms with Crippen LogP contribution in [0.3, 0.4) is 0 Å². The lowest BCUT2D eigenvalue weighted by Crippen LogP contribution is -2.62. The van der Waals surface area contributed by atoms with E-state index >= 15 is 0 Å². The smallest absolute Gasteiger partial charge is 0.411 e. The molecule has 12 heteroatoms. The summed E-state index contributed by atoms with van der Waals surface area (Å²) in [6.07, 6.45) is -0.813. The summed E-state index contributed by atoms with van der Waals surface area (Å²) in [5.74, 6) is 8.01. The topological polar surface area (TPSA) is 113 Å². The van der Waals surface area contributed by atoms with Crippen LogP contribution in [0.1, 0.15) is 69.9 Å². The lowest BCUT2D eigenvalue weighted by Gasteiger charge is -2.53. The number of fused-ring (bicyclic) bond motifs is 4. The van der Waals surface area contributed by atoms with Gasteiger partial charge in [0.1, 0.15) is 24.2 Å². The van der Waals surface area contributed by atoms with E-state index in [1.807, 2.05) is 60.7 Å². The minimum absolute atomic E-state index is 0.0549. The fraction of sp³-hybridized carbons (Fsp3) is 0.442. The largest absolute Gasteiger partial charge is 0.519 e. The summed E-state index contributed by atoms with van der Waals surface area (Å²) < 4.78 is 60.9. The normalized spacial score (nSPS) is 19.5. The van der Waals surface area contributed by atoms with E-state index in [1.165, 1.54) is 14.2 Å². The molecule has 55 heavy (non-hydrogen) atoms. The minimum Gasteiger partial charge on any atom is -0.519 e. The number of hydrogen-bond acceptors (Lipinski definition) is 11. The van der Waals surface area contributed by atoms with E-state index in [4.69, 9.17) is 46.7 Å². The SMILES string of the molecule is COCOc1c(OCc2ccc(OC)cc2)ccc2ccc3c(c12)C(OC)(OC)C3(O)C#CC1O[Si](C(C)(C)C)(C(C)(C)C)Oc2cc(OC)c(OC)cc21. The van der Waals surface area contributed by atoms with Crippen LogP contribution in [0.25, 0.3) is 10.8 Å². The van der Waals surface area contributed by atoms with Crippen molar-refractivity contribution in [2.24, 2.45) is 0 Å². The highest BCUT2D eigenvalue weighted by Crippen LogP contribution is 2.61. The molecule has 0 amide bonds. The Hall–Kier alpha value is -4.48. The molecule has 11 nitrogen and oxygen atoms in total. The van der Waals surface area contributed by atoms with Gasteiger partial charge in [0, 0.05) is 59.5 Å². The van der Waals surface area contributed by atoms with Gasteiger partial charge in [-0.3, -0.25) is 0 Å². The lowest BCUT2D eigenvalue weighted by molar-refractivity contribution is -0.320. The predicted octanol–water partition coefficient (Wildman–Crippen LogP) is 8.27. The molecule has 2 aliphatic rings. The third kappa shape index (κ3) is 6.46. The molecule has 0 aromatic heterocycles. The summed E-state index contributed by atoms with van der Waals surface area (Å²) in [5.41, 5.74) is 0.689. The van der Waals surface area contributed by atoms with E-state index in [9.17, 15) is 5.11 Å². The zero-order valence-electron chi connectivity index (χ0n) is 33.8. The first-order valence-electron chi connectivity index (χ1n) is 18.0. The highest BCUT2D eigenvalue weighted by atomic mass is 28.4. The van der Waals surface area contributed by atoms with Gasteiger partial charge in [0.05, 0.1) is 21.3 Å². The summed E-state index contributed by atoms with van der Waals surface area (Å²) in [4.78, 5) is 0. The summed E-state index contributed by atoms with van der Waals surface area (Å²) in [7, 11) is 6.12. The minimum atomic E-state index is -3.17. The van der Waals surface area contributed by atoms with Crippen LogP contribution in [0.4, 0.5) is 0 Å². The Kier molecular flexibility index (Phi) is 10.9. The van der Waals surface area contributed by atoms with Gasteiger partial charge in [0.2, 0.25) is 11.4 Å².